The van der Waals surface area contributed by atoms with Crippen molar-refractivity contribution in [2.45, 2.75) is 46.1 Å². The maximum absolute atomic E-state index is 9.31. The topological polar surface area (TPSA) is 69.1 Å². The number of aliphatic hydroxyl groups excluding tert-OH is 1. The van der Waals surface area contributed by atoms with Crippen LogP contribution in [0.5, 0.6) is 0 Å². The van der Waals surface area contributed by atoms with E-state index in [0.29, 0.717) is 5.92 Å². The van der Waals surface area contributed by atoms with E-state index in [2.05, 4.69) is 60.6 Å². The molecule has 0 saturated carbocycles. The van der Waals surface area contributed by atoms with Crippen LogP contribution < -0.4 is 10.6 Å². The highest BCUT2D eigenvalue weighted by molar-refractivity contribution is 14.0. The minimum Gasteiger partial charge on any atom is -0.396 e. The minimum atomic E-state index is 0. The Balaban J connectivity index is 0.00000450. The number of ether oxygens (including phenoxy) is 1. The zero-order chi connectivity index (χ0) is 20.9. The Hall–Kier alpha value is -0.900. The predicted octanol–water partition coefficient (Wildman–Crippen LogP) is 3.34. The highest BCUT2D eigenvalue weighted by atomic mass is 127. The van der Waals surface area contributed by atoms with Crippen LogP contribution in [0.4, 0.5) is 0 Å². The van der Waals surface area contributed by atoms with Crippen molar-refractivity contribution in [3.63, 3.8) is 0 Å². The Kier molecular flexibility index (Phi) is 14.3. The van der Waals surface area contributed by atoms with E-state index in [9.17, 15) is 5.11 Å². The largest absolute Gasteiger partial charge is 0.396 e. The summed E-state index contributed by atoms with van der Waals surface area (Å²) >= 11 is 0. The number of nitrogens with one attached hydrogen (secondary N) is 2. The molecule has 3 N–H and O–H groups in total. The van der Waals surface area contributed by atoms with Gasteiger partial charge in [-0.3, -0.25) is 9.89 Å². The number of hydrogen-bond acceptors (Lipinski definition) is 4. The van der Waals surface area contributed by atoms with E-state index < -0.39 is 0 Å². The predicted molar refractivity (Wildman–Crippen MR) is 136 cm³/mol. The van der Waals surface area contributed by atoms with Gasteiger partial charge in [-0.25, -0.2) is 0 Å². The Morgan fingerprint density at radius 2 is 1.97 bits per heavy atom. The third-order valence-corrected chi connectivity index (χ3v) is 5.46. The van der Waals surface area contributed by atoms with Gasteiger partial charge >= 0.3 is 0 Å². The molecule has 2 unspecified atom stereocenters. The van der Waals surface area contributed by atoms with Gasteiger partial charge in [-0.15, -0.1) is 24.0 Å². The number of aliphatic imine (C=N–C) groups is 1. The fourth-order valence-corrected chi connectivity index (χ4v) is 3.90. The van der Waals surface area contributed by atoms with Gasteiger partial charge in [0, 0.05) is 39.3 Å². The lowest BCUT2D eigenvalue weighted by molar-refractivity contribution is 0.0170. The van der Waals surface area contributed by atoms with Crippen molar-refractivity contribution in [1.29, 1.82) is 0 Å². The van der Waals surface area contributed by atoms with E-state index >= 15 is 0 Å². The van der Waals surface area contributed by atoms with Crippen molar-refractivity contribution >= 4 is 29.9 Å². The summed E-state index contributed by atoms with van der Waals surface area (Å²) in [6.07, 6.45) is 3.04. The van der Waals surface area contributed by atoms with Crippen molar-refractivity contribution in [2.75, 3.05) is 52.5 Å². The lowest BCUT2D eigenvalue weighted by Gasteiger charge is -2.35. The second kappa shape index (κ2) is 15.8. The average molecular weight is 533 g/mol. The van der Waals surface area contributed by atoms with Crippen LogP contribution in [0.3, 0.4) is 0 Å². The van der Waals surface area contributed by atoms with Crippen molar-refractivity contribution < 1.29 is 9.84 Å². The summed E-state index contributed by atoms with van der Waals surface area (Å²) in [7, 11) is 0. The van der Waals surface area contributed by atoms with Gasteiger partial charge in [0.05, 0.1) is 19.3 Å². The number of aryl methyl sites for hydroxylation is 1. The van der Waals surface area contributed by atoms with E-state index in [1.807, 2.05) is 0 Å². The first-order valence-corrected chi connectivity index (χ1v) is 11.2. The summed E-state index contributed by atoms with van der Waals surface area (Å²) in [5.41, 5.74) is 2.62. The SMILES string of the molecule is CCCC(CCO)CN=C(NCC)NCC(c1cccc(C)c1)N1CCOCC1.I. The normalized spacial score (nSPS) is 17.1. The van der Waals surface area contributed by atoms with E-state index in [0.717, 1.165) is 71.2 Å². The molecule has 0 aliphatic carbocycles. The smallest absolute Gasteiger partial charge is 0.191 e. The lowest BCUT2D eigenvalue weighted by atomic mass is 10.0. The maximum atomic E-state index is 9.31. The van der Waals surface area contributed by atoms with Gasteiger partial charge in [-0.2, -0.15) is 0 Å². The molecule has 0 aromatic heterocycles. The van der Waals surface area contributed by atoms with Gasteiger partial charge in [-0.05, 0) is 38.2 Å². The summed E-state index contributed by atoms with van der Waals surface area (Å²) in [6.45, 7) is 12.5. The summed E-state index contributed by atoms with van der Waals surface area (Å²) in [4.78, 5) is 7.32. The molecule has 0 amide bonds. The fraction of sp³-hybridized carbons (Fsp3) is 0.696. The molecule has 1 aromatic carbocycles. The second-order valence-electron chi connectivity index (χ2n) is 7.85. The van der Waals surface area contributed by atoms with Gasteiger partial charge in [0.1, 0.15) is 0 Å². The summed E-state index contributed by atoms with van der Waals surface area (Å²) in [6, 6.07) is 9.07. The van der Waals surface area contributed by atoms with Crippen LogP contribution in [0.2, 0.25) is 0 Å². The molecule has 1 aromatic rings. The van der Waals surface area contributed by atoms with Crippen LogP contribution in [0.15, 0.2) is 29.3 Å². The van der Waals surface area contributed by atoms with E-state index in [1.54, 1.807) is 0 Å². The molecule has 172 valence electrons. The molecule has 0 spiro atoms. The first kappa shape index (κ1) is 27.1. The van der Waals surface area contributed by atoms with Crippen LogP contribution in [-0.2, 0) is 4.74 Å². The third-order valence-electron chi connectivity index (χ3n) is 5.46. The molecular formula is C23H41IN4O2. The number of aliphatic hydroxyl groups is 1. The summed E-state index contributed by atoms with van der Waals surface area (Å²) in [5, 5.41) is 16.3. The first-order chi connectivity index (χ1) is 14.2. The number of guanidine groups is 1. The number of morpholine rings is 1. The maximum Gasteiger partial charge on any atom is 0.191 e. The van der Waals surface area contributed by atoms with Crippen molar-refractivity contribution in [3.8, 4) is 0 Å². The second-order valence-corrected chi connectivity index (χ2v) is 7.85. The summed E-state index contributed by atoms with van der Waals surface area (Å²) in [5.74, 6) is 1.30. The third kappa shape index (κ3) is 9.49. The molecule has 1 aliphatic heterocycles. The Morgan fingerprint density at radius 3 is 2.60 bits per heavy atom. The highest BCUT2D eigenvalue weighted by Gasteiger charge is 2.23. The first-order valence-electron chi connectivity index (χ1n) is 11.2. The van der Waals surface area contributed by atoms with Gasteiger partial charge in [0.15, 0.2) is 5.96 Å². The molecule has 0 radical (unpaired) electrons. The Morgan fingerprint density at radius 1 is 1.20 bits per heavy atom. The highest BCUT2D eigenvalue weighted by Crippen LogP contribution is 2.22. The molecule has 1 aliphatic rings. The molecular weight excluding hydrogens is 491 g/mol. The number of benzene rings is 1. The van der Waals surface area contributed by atoms with Gasteiger partial charge in [0.2, 0.25) is 0 Å². The van der Waals surface area contributed by atoms with Gasteiger partial charge < -0.3 is 20.5 Å². The van der Waals surface area contributed by atoms with Gasteiger partial charge in [-0.1, -0.05) is 43.2 Å². The van der Waals surface area contributed by atoms with Crippen LogP contribution in [0.25, 0.3) is 0 Å². The Labute approximate surface area is 199 Å². The molecule has 30 heavy (non-hydrogen) atoms. The molecule has 0 bridgehead atoms. The van der Waals surface area contributed by atoms with Crippen molar-refractivity contribution in [1.82, 2.24) is 15.5 Å². The Bertz CT molecular complexity index is 603. The van der Waals surface area contributed by atoms with Crippen LogP contribution >= 0.6 is 24.0 Å². The van der Waals surface area contributed by atoms with Crippen LogP contribution in [-0.4, -0.2) is 68.5 Å². The van der Waals surface area contributed by atoms with Crippen molar-refractivity contribution in [3.05, 3.63) is 35.4 Å². The number of hydrogen-bond donors (Lipinski definition) is 3. The van der Waals surface area contributed by atoms with Crippen LogP contribution in [0.1, 0.15) is 50.3 Å². The molecule has 1 heterocycles. The van der Waals surface area contributed by atoms with E-state index in [1.165, 1.54) is 11.1 Å². The van der Waals surface area contributed by atoms with Crippen LogP contribution in [0, 0.1) is 12.8 Å². The molecule has 1 fully saturated rings. The summed E-state index contributed by atoms with van der Waals surface area (Å²) < 4.78 is 5.57. The zero-order valence-corrected chi connectivity index (χ0v) is 21.2. The quantitative estimate of drug-likeness (QED) is 0.232. The lowest BCUT2D eigenvalue weighted by Crippen LogP contribution is -2.46. The standard InChI is InChI=1S/C23H40N4O2.HI/c1-4-7-20(10-13-28)17-25-23(24-5-2)26-18-22(27-11-14-29-15-12-27)21-9-6-8-19(3)16-21;/h6,8-9,16,20,22,28H,4-5,7,10-15,17-18H2,1-3H3,(H2,24,25,26);1H. The number of halogens is 1. The zero-order valence-electron chi connectivity index (χ0n) is 18.9. The molecule has 6 nitrogen and oxygen atoms in total. The number of nitrogens with zero attached hydrogens (tertiary/aromatic N) is 2. The van der Waals surface area contributed by atoms with E-state index in [-0.39, 0.29) is 36.6 Å². The number of rotatable bonds is 11. The van der Waals surface area contributed by atoms with Gasteiger partial charge in [0.25, 0.3) is 0 Å². The minimum absolute atomic E-state index is 0. The average Bonchev–Trinajstić information content (AvgIpc) is 2.73. The molecule has 7 heteroatoms. The monoisotopic (exact) mass is 532 g/mol. The molecule has 2 rings (SSSR count). The molecule has 1 saturated heterocycles. The fourth-order valence-electron chi connectivity index (χ4n) is 3.90. The molecule has 2 atom stereocenters. The van der Waals surface area contributed by atoms with E-state index in [4.69, 9.17) is 9.73 Å². The van der Waals surface area contributed by atoms with Crippen molar-refractivity contribution in [2.24, 2.45) is 10.9 Å².